The fraction of sp³-hybridized carbons (Fsp3) is 0.562. The molecule has 3 atom stereocenters. The first-order chi connectivity index (χ1) is 11.5. The lowest BCUT2D eigenvalue weighted by molar-refractivity contribution is -0.162. The van der Waals surface area contributed by atoms with Gasteiger partial charge in [-0.15, -0.1) is 4.83 Å². The van der Waals surface area contributed by atoms with Gasteiger partial charge in [0.2, 0.25) is 5.91 Å². The van der Waals surface area contributed by atoms with Crippen LogP contribution in [-0.4, -0.2) is 22.9 Å². The molecule has 0 saturated heterocycles. The highest BCUT2D eigenvalue weighted by Gasteiger charge is 2.83. The summed E-state index contributed by atoms with van der Waals surface area (Å²) in [6.07, 6.45) is 1.57. The highest BCUT2D eigenvalue weighted by molar-refractivity contribution is 9.24. The standard InChI is InChI=1S/C16H19Br3N2O3S/c1-14(2)15(12(18)19)8-9-16(14,11(15)17)13(22)20-21-25(23,24)10-6-4-3-5-7-10/h3-7,11-12,21H,8-9H2,1-2H3,(H,20,22). The van der Waals surface area contributed by atoms with Crippen LogP contribution in [0.2, 0.25) is 0 Å². The number of carbonyl (C=O) groups is 1. The van der Waals surface area contributed by atoms with Crippen molar-refractivity contribution in [3.05, 3.63) is 30.3 Å². The lowest BCUT2D eigenvalue weighted by Gasteiger charge is -2.66. The molecule has 0 spiro atoms. The van der Waals surface area contributed by atoms with Crippen molar-refractivity contribution in [1.82, 2.24) is 10.3 Å². The van der Waals surface area contributed by atoms with E-state index in [9.17, 15) is 13.2 Å². The Kier molecular flexibility index (Phi) is 4.98. The molecule has 2 bridgehead atoms. The molecular weight excluding hydrogens is 540 g/mol. The van der Waals surface area contributed by atoms with Gasteiger partial charge in [0.1, 0.15) is 0 Å². The Hall–Kier alpha value is 0.0400. The van der Waals surface area contributed by atoms with Crippen LogP contribution in [0, 0.1) is 16.2 Å². The van der Waals surface area contributed by atoms with Crippen LogP contribution in [0.15, 0.2) is 35.2 Å². The number of amides is 1. The van der Waals surface area contributed by atoms with Crippen molar-refractivity contribution in [3.63, 3.8) is 0 Å². The van der Waals surface area contributed by atoms with Gasteiger partial charge < -0.3 is 0 Å². The number of sulfonamides is 1. The average Bonchev–Trinajstić information content (AvgIpc) is 3.03. The largest absolute Gasteiger partial charge is 0.277 e. The molecule has 3 aliphatic carbocycles. The molecule has 3 unspecified atom stereocenters. The molecule has 0 aliphatic heterocycles. The van der Waals surface area contributed by atoms with Crippen molar-refractivity contribution >= 4 is 63.7 Å². The van der Waals surface area contributed by atoms with Crippen molar-refractivity contribution in [1.29, 1.82) is 0 Å². The number of carbonyl (C=O) groups excluding carboxylic acids is 1. The number of hydrogen-bond acceptors (Lipinski definition) is 3. The van der Waals surface area contributed by atoms with Crippen molar-refractivity contribution in [3.8, 4) is 0 Å². The second kappa shape index (κ2) is 6.29. The Morgan fingerprint density at radius 2 is 1.80 bits per heavy atom. The molecule has 4 rings (SSSR count). The Bertz CT molecular complexity index is 800. The van der Waals surface area contributed by atoms with Crippen molar-refractivity contribution in [2.75, 3.05) is 0 Å². The molecule has 1 amide bonds. The van der Waals surface area contributed by atoms with Gasteiger partial charge in [0.15, 0.2) is 0 Å². The predicted molar refractivity (Wildman–Crippen MR) is 107 cm³/mol. The van der Waals surface area contributed by atoms with Crippen LogP contribution in [0.3, 0.4) is 0 Å². The summed E-state index contributed by atoms with van der Waals surface area (Å²) >= 11 is 11.0. The summed E-state index contributed by atoms with van der Waals surface area (Å²) in [7, 11) is -3.80. The fourth-order valence-electron chi connectivity index (χ4n) is 4.58. The minimum absolute atomic E-state index is 0.0486. The molecule has 3 fully saturated rings. The highest BCUT2D eigenvalue weighted by Crippen LogP contribution is 2.82. The SMILES string of the molecule is CC1(C)C2(C(=O)NNS(=O)(=O)c3ccccc3)CCC1(C(Br)Br)C2Br. The van der Waals surface area contributed by atoms with Crippen molar-refractivity contribution in [2.45, 2.75) is 40.1 Å². The number of alkyl halides is 3. The fourth-order valence-corrected chi connectivity index (χ4v) is 10.4. The molecule has 25 heavy (non-hydrogen) atoms. The third-order valence-electron chi connectivity index (χ3n) is 6.24. The Balaban J connectivity index is 1.79. The zero-order valence-corrected chi connectivity index (χ0v) is 19.3. The summed E-state index contributed by atoms with van der Waals surface area (Å²) in [5, 5.41) is 0. The number of hydrogen-bond donors (Lipinski definition) is 2. The highest BCUT2D eigenvalue weighted by atomic mass is 79.9. The van der Waals surface area contributed by atoms with E-state index in [2.05, 4.69) is 71.9 Å². The third-order valence-corrected chi connectivity index (χ3v) is 10.7. The lowest BCUT2D eigenvalue weighted by atomic mass is 9.43. The summed E-state index contributed by atoms with van der Waals surface area (Å²) in [6.45, 7) is 4.14. The number of rotatable bonds is 5. The molecule has 1 aromatic rings. The smallest absolute Gasteiger partial charge is 0.257 e. The molecule has 0 radical (unpaired) electrons. The van der Waals surface area contributed by atoms with E-state index < -0.39 is 15.4 Å². The normalized spacial score (nSPS) is 33.1. The van der Waals surface area contributed by atoms with Crippen LogP contribution in [0.25, 0.3) is 0 Å². The minimum Gasteiger partial charge on any atom is -0.277 e. The van der Waals surface area contributed by atoms with Gasteiger partial charge in [-0.05, 0) is 30.4 Å². The van der Waals surface area contributed by atoms with E-state index in [1.165, 1.54) is 12.1 Å². The molecule has 138 valence electrons. The molecule has 5 nitrogen and oxygen atoms in total. The van der Waals surface area contributed by atoms with Crippen LogP contribution in [0.1, 0.15) is 26.7 Å². The van der Waals surface area contributed by atoms with Gasteiger partial charge in [-0.2, -0.15) is 0 Å². The van der Waals surface area contributed by atoms with Gasteiger partial charge in [-0.25, -0.2) is 8.42 Å². The average molecular weight is 559 g/mol. The topological polar surface area (TPSA) is 75.3 Å². The Labute approximate surface area is 173 Å². The number of fused-ring (bicyclic) bond motifs is 1. The zero-order valence-electron chi connectivity index (χ0n) is 13.7. The molecule has 2 N–H and O–H groups in total. The van der Waals surface area contributed by atoms with Crippen LogP contribution >= 0.6 is 47.8 Å². The lowest BCUT2D eigenvalue weighted by Crippen LogP contribution is -2.72. The van der Waals surface area contributed by atoms with Crippen LogP contribution in [0.5, 0.6) is 0 Å². The van der Waals surface area contributed by atoms with Crippen molar-refractivity contribution in [2.24, 2.45) is 16.2 Å². The summed E-state index contributed by atoms with van der Waals surface area (Å²) in [5.41, 5.74) is 1.38. The number of benzene rings is 1. The molecule has 0 heterocycles. The van der Waals surface area contributed by atoms with Crippen LogP contribution < -0.4 is 10.3 Å². The first-order valence-electron chi connectivity index (χ1n) is 7.83. The van der Waals surface area contributed by atoms with Gasteiger partial charge in [0, 0.05) is 10.2 Å². The monoisotopic (exact) mass is 556 g/mol. The molecular formula is C16H19Br3N2O3S. The van der Waals surface area contributed by atoms with E-state index in [1.54, 1.807) is 18.2 Å². The van der Waals surface area contributed by atoms with E-state index in [1.807, 2.05) is 0 Å². The van der Waals surface area contributed by atoms with Crippen molar-refractivity contribution < 1.29 is 13.2 Å². The van der Waals surface area contributed by atoms with E-state index in [4.69, 9.17) is 0 Å². The third kappa shape index (κ3) is 2.45. The minimum atomic E-state index is -3.80. The van der Waals surface area contributed by atoms with Gasteiger partial charge in [-0.3, -0.25) is 10.2 Å². The van der Waals surface area contributed by atoms with Crippen LogP contribution in [-0.2, 0) is 14.8 Å². The molecule has 3 saturated carbocycles. The first kappa shape index (κ1) is 19.8. The summed E-state index contributed by atoms with van der Waals surface area (Å²) in [4.78, 5) is 15.3. The Morgan fingerprint density at radius 1 is 1.20 bits per heavy atom. The first-order valence-corrected chi connectivity index (χ1v) is 12.1. The maximum atomic E-state index is 13.0. The number of hydrazine groups is 1. The summed E-state index contributed by atoms with van der Waals surface area (Å²) in [5.74, 6) is -0.298. The number of halogens is 3. The second-order valence-corrected chi connectivity index (χ2v) is 12.8. The van der Waals surface area contributed by atoms with Gasteiger partial charge in [-0.1, -0.05) is 79.8 Å². The van der Waals surface area contributed by atoms with E-state index in [0.29, 0.717) is 6.42 Å². The quantitative estimate of drug-likeness (QED) is 0.428. The molecule has 0 aromatic heterocycles. The van der Waals surface area contributed by atoms with E-state index >= 15 is 0 Å². The molecule has 1 aromatic carbocycles. The zero-order chi connectivity index (χ0) is 18.7. The van der Waals surface area contributed by atoms with Crippen LogP contribution in [0.4, 0.5) is 0 Å². The molecule has 9 heteroatoms. The van der Waals surface area contributed by atoms with Gasteiger partial charge in [0.25, 0.3) is 10.0 Å². The molecule has 3 aliphatic rings. The maximum Gasteiger partial charge on any atom is 0.257 e. The number of nitrogens with one attached hydrogen (secondary N) is 2. The maximum absolute atomic E-state index is 13.0. The second-order valence-electron chi connectivity index (χ2n) is 7.17. The summed E-state index contributed by atoms with van der Waals surface area (Å²) in [6, 6.07) is 7.96. The van der Waals surface area contributed by atoms with E-state index in [0.717, 1.165) is 6.42 Å². The van der Waals surface area contributed by atoms with Gasteiger partial charge in [0.05, 0.1) is 14.0 Å². The summed E-state index contributed by atoms with van der Waals surface area (Å²) < 4.78 is 24.7. The van der Waals surface area contributed by atoms with E-state index in [-0.39, 0.29) is 30.2 Å². The van der Waals surface area contributed by atoms with Gasteiger partial charge >= 0.3 is 0 Å². The Morgan fingerprint density at radius 3 is 2.28 bits per heavy atom. The predicted octanol–water partition coefficient (Wildman–Crippen LogP) is 3.68.